The number of aryl methyl sites for hydroxylation is 1. The molecule has 1 saturated carbocycles. The molecule has 5 nitrogen and oxygen atoms in total. The van der Waals surface area contributed by atoms with Crippen molar-refractivity contribution in [1.82, 2.24) is 4.98 Å². The third-order valence-corrected chi connectivity index (χ3v) is 7.17. The molecule has 1 aromatic carbocycles. The highest BCUT2D eigenvalue weighted by Crippen LogP contribution is 2.62. The number of hydrogen-bond donors (Lipinski definition) is 1. The van der Waals surface area contributed by atoms with Crippen LogP contribution in [0.1, 0.15) is 49.3 Å². The standard InChI is InChI=1S/C24H28N4O/c1-15-8-11-26-21(12-15)17-4-5-18-14-23(9-6-19(29-3)7-10-23)24(20(18)13-17)27-16(2)22(25)28-24/h4-5,8,11-13,19H,6-7,9-10,14H2,1-3H3,(H2,25,28). The minimum atomic E-state index is -0.602. The summed E-state index contributed by atoms with van der Waals surface area (Å²) < 4.78 is 5.65. The van der Waals surface area contributed by atoms with Gasteiger partial charge in [-0.05, 0) is 75.3 Å². The fourth-order valence-electron chi connectivity index (χ4n) is 5.52. The molecule has 3 aliphatic rings. The molecule has 1 fully saturated rings. The molecular weight excluding hydrogens is 360 g/mol. The maximum atomic E-state index is 6.28. The summed E-state index contributed by atoms with van der Waals surface area (Å²) in [6.07, 6.45) is 7.38. The summed E-state index contributed by atoms with van der Waals surface area (Å²) in [7, 11) is 1.82. The van der Waals surface area contributed by atoms with Gasteiger partial charge < -0.3 is 10.5 Å². The van der Waals surface area contributed by atoms with Crippen molar-refractivity contribution in [2.75, 3.05) is 7.11 Å². The number of nitrogens with two attached hydrogens (primary N) is 1. The summed E-state index contributed by atoms with van der Waals surface area (Å²) in [5, 5.41) is 0. The number of amidine groups is 1. The molecule has 2 N–H and O–H groups in total. The maximum Gasteiger partial charge on any atom is 0.184 e. The van der Waals surface area contributed by atoms with Crippen LogP contribution in [0.3, 0.4) is 0 Å². The van der Waals surface area contributed by atoms with Gasteiger partial charge in [-0.3, -0.25) is 9.98 Å². The lowest BCUT2D eigenvalue weighted by Crippen LogP contribution is -2.43. The molecule has 0 bridgehead atoms. The van der Waals surface area contributed by atoms with E-state index in [-0.39, 0.29) is 5.41 Å². The smallest absolute Gasteiger partial charge is 0.184 e. The molecule has 1 aliphatic heterocycles. The molecule has 0 radical (unpaired) electrons. The molecule has 2 aliphatic carbocycles. The van der Waals surface area contributed by atoms with E-state index in [2.05, 4.69) is 36.2 Å². The van der Waals surface area contributed by atoms with E-state index in [1.165, 1.54) is 16.7 Å². The van der Waals surface area contributed by atoms with Gasteiger partial charge in [0, 0.05) is 29.8 Å². The Morgan fingerprint density at radius 3 is 2.52 bits per heavy atom. The van der Waals surface area contributed by atoms with Gasteiger partial charge in [-0.1, -0.05) is 12.1 Å². The van der Waals surface area contributed by atoms with Crippen molar-refractivity contribution in [3.05, 3.63) is 53.2 Å². The number of aromatic nitrogens is 1. The number of methoxy groups -OCH3 is 1. The van der Waals surface area contributed by atoms with E-state index >= 15 is 0 Å². The van der Waals surface area contributed by atoms with Gasteiger partial charge in [0.1, 0.15) is 5.84 Å². The highest BCUT2D eigenvalue weighted by atomic mass is 16.5. The minimum absolute atomic E-state index is 0.0224. The van der Waals surface area contributed by atoms with Crippen LogP contribution >= 0.6 is 0 Å². The summed E-state index contributed by atoms with van der Waals surface area (Å²) in [6, 6.07) is 10.9. The van der Waals surface area contributed by atoms with Gasteiger partial charge in [0.2, 0.25) is 0 Å². The van der Waals surface area contributed by atoms with Crippen LogP contribution in [0.2, 0.25) is 0 Å². The third kappa shape index (κ3) is 2.67. The molecule has 29 heavy (non-hydrogen) atoms. The van der Waals surface area contributed by atoms with Gasteiger partial charge in [0.05, 0.1) is 17.5 Å². The summed E-state index contributed by atoms with van der Waals surface area (Å²) in [5.41, 5.74) is 12.4. The zero-order valence-corrected chi connectivity index (χ0v) is 17.4. The SMILES string of the molecule is COC1CCC2(CC1)Cc1ccc(-c3cc(C)ccn3)cc1C21N=C(C)C(N)=N1. The Morgan fingerprint density at radius 1 is 1.07 bits per heavy atom. The van der Waals surface area contributed by atoms with Gasteiger partial charge in [-0.25, -0.2) is 4.99 Å². The molecule has 5 heteroatoms. The first-order chi connectivity index (χ1) is 14.0. The van der Waals surface area contributed by atoms with E-state index < -0.39 is 5.66 Å². The number of benzene rings is 1. The summed E-state index contributed by atoms with van der Waals surface area (Å²) >= 11 is 0. The van der Waals surface area contributed by atoms with Gasteiger partial charge >= 0.3 is 0 Å². The number of fused-ring (bicyclic) bond motifs is 3. The first-order valence-corrected chi connectivity index (χ1v) is 10.5. The van der Waals surface area contributed by atoms with Crippen LogP contribution in [0.5, 0.6) is 0 Å². The first-order valence-electron chi connectivity index (χ1n) is 10.5. The summed E-state index contributed by atoms with van der Waals surface area (Å²) in [4.78, 5) is 14.8. The number of hydrogen-bond acceptors (Lipinski definition) is 5. The fraction of sp³-hybridized carbons (Fsp3) is 0.458. The number of nitrogens with zero attached hydrogens (tertiary/aromatic N) is 3. The Bertz CT molecular complexity index is 1010. The van der Waals surface area contributed by atoms with Gasteiger partial charge in [-0.15, -0.1) is 0 Å². The number of aliphatic imine (C=N–C) groups is 2. The van der Waals surface area contributed by atoms with Gasteiger partial charge in [0.15, 0.2) is 5.66 Å². The maximum absolute atomic E-state index is 6.28. The Labute approximate surface area is 172 Å². The lowest BCUT2D eigenvalue weighted by atomic mass is 9.65. The lowest BCUT2D eigenvalue weighted by Gasteiger charge is -2.44. The lowest BCUT2D eigenvalue weighted by molar-refractivity contribution is -0.000372. The zero-order chi connectivity index (χ0) is 20.2. The second-order valence-corrected chi connectivity index (χ2v) is 8.85. The normalized spacial score (nSPS) is 30.5. The zero-order valence-electron chi connectivity index (χ0n) is 17.4. The van der Waals surface area contributed by atoms with Crippen LogP contribution in [0.15, 0.2) is 46.5 Å². The monoisotopic (exact) mass is 388 g/mol. The Hall–Kier alpha value is -2.53. The molecular formula is C24H28N4O. The number of ether oxygens (including phenoxy) is 1. The Kier molecular flexibility index (Phi) is 4.14. The fourth-order valence-corrected chi connectivity index (χ4v) is 5.52. The van der Waals surface area contributed by atoms with E-state index in [0.717, 1.165) is 49.1 Å². The molecule has 150 valence electrons. The molecule has 2 spiro atoms. The van der Waals surface area contributed by atoms with Crippen LogP contribution in [0.25, 0.3) is 11.3 Å². The van der Waals surface area contributed by atoms with Crippen LogP contribution < -0.4 is 5.73 Å². The van der Waals surface area contributed by atoms with E-state index in [0.29, 0.717) is 11.9 Å². The van der Waals surface area contributed by atoms with Crippen molar-refractivity contribution in [3.8, 4) is 11.3 Å². The molecule has 0 amide bonds. The van der Waals surface area contributed by atoms with Gasteiger partial charge in [-0.2, -0.15) is 0 Å². The van der Waals surface area contributed by atoms with Crippen molar-refractivity contribution in [2.24, 2.45) is 21.1 Å². The third-order valence-electron chi connectivity index (χ3n) is 7.17. The van der Waals surface area contributed by atoms with E-state index in [4.69, 9.17) is 20.5 Å². The van der Waals surface area contributed by atoms with Gasteiger partial charge in [0.25, 0.3) is 0 Å². The van der Waals surface area contributed by atoms with Crippen molar-refractivity contribution in [3.63, 3.8) is 0 Å². The van der Waals surface area contributed by atoms with Crippen LogP contribution in [-0.2, 0) is 16.8 Å². The predicted molar refractivity (Wildman–Crippen MR) is 116 cm³/mol. The van der Waals surface area contributed by atoms with Crippen molar-refractivity contribution >= 4 is 11.5 Å². The first kappa shape index (κ1) is 18.5. The highest BCUT2D eigenvalue weighted by molar-refractivity contribution is 6.41. The van der Waals surface area contributed by atoms with E-state index in [1.54, 1.807) is 0 Å². The molecule has 1 unspecified atom stereocenters. The quantitative estimate of drug-likeness (QED) is 0.839. The molecule has 2 aromatic rings. The second kappa shape index (κ2) is 6.49. The average Bonchev–Trinajstić information content (AvgIpc) is 3.16. The second-order valence-electron chi connectivity index (χ2n) is 8.85. The van der Waals surface area contributed by atoms with Crippen LogP contribution in [0.4, 0.5) is 0 Å². The van der Waals surface area contributed by atoms with Crippen molar-refractivity contribution < 1.29 is 4.74 Å². The van der Waals surface area contributed by atoms with Crippen LogP contribution in [-0.4, -0.2) is 29.7 Å². The molecule has 0 saturated heterocycles. The van der Waals surface area contributed by atoms with Crippen LogP contribution in [0, 0.1) is 12.3 Å². The molecule has 2 heterocycles. The van der Waals surface area contributed by atoms with E-state index in [1.807, 2.05) is 26.3 Å². The average molecular weight is 389 g/mol. The largest absolute Gasteiger partial charge is 0.382 e. The summed E-state index contributed by atoms with van der Waals surface area (Å²) in [5.74, 6) is 0.574. The molecule has 5 rings (SSSR count). The summed E-state index contributed by atoms with van der Waals surface area (Å²) in [6.45, 7) is 4.07. The predicted octanol–water partition coefficient (Wildman–Crippen LogP) is 4.17. The van der Waals surface area contributed by atoms with E-state index in [9.17, 15) is 0 Å². The van der Waals surface area contributed by atoms with Crippen molar-refractivity contribution in [1.29, 1.82) is 0 Å². The minimum Gasteiger partial charge on any atom is -0.382 e. The molecule has 1 aromatic heterocycles. The number of rotatable bonds is 2. The number of pyridine rings is 1. The Balaban J connectivity index is 1.65. The van der Waals surface area contributed by atoms with Crippen molar-refractivity contribution in [2.45, 2.75) is 57.7 Å². The molecule has 1 atom stereocenters. The topological polar surface area (TPSA) is 72.9 Å². The highest BCUT2D eigenvalue weighted by Gasteiger charge is 2.60. The Morgan fingerprint density at radius 2 is 1.86 bits per heavy atom.